The first-order valence-corrected chi connectivity index (χ1v) is 9.41. The van der Waals surface area contributed by atoms with Gasteiger partial charge in [-0.2, -0.15) is 0 Å². The fraction of sp³-hybridized carbons (Fsp3) is 0.300. The van der Waals surface area contributed by atoms with E-state index in [9.17, 15) is 9.59 Å². The van der Waals surface area contributed by atoms with Crippen LogP contribution in [0.5, 0.6) is 5.75 Å². The molecule has 4 rings (SSSR count). The summed E-state index contributed by atoms with van der Waals surface area (Å²) in [6.45, 7) is 1.06. The van der Waals surface area contributed by atoms with Crippen LogP contribution in [0, 0.1) is 5.92 Å². The van der Waals surface area contributed by atoms with E-state index in [-0.39, 0.29) is 24.2 Å². The number of amides is 2. The number of halogens is 1. The number of methoxy groups -OCH3 is 1. The Kier molecular flexibility index (Phi) is 4.44. The van der Waals surface area contributed by atoms with Crippen LogP contribution in [0.2, 0.25) is 0 Å². The molecule has 2 amide bonds. The molecule has 5 nitrogen and oxygen atoms in total. The topological polar surface area (TPSA) is 49.9 Å². The number of carbonyl (C=O) groups excluding carboxylic acids is 2. The molecule has 6 heteroatoms. The average molecular weight is 415 g/mol. The van der Waals surface area contributed by atoms with E-state index in [1.54, 1.807) is 12.0 Å². The van der Waals surface area contributed by atoms with Crippen LogP contribution in [0.15, 0.2) is 46.9 Å². The fourth-order valence-corrected chi connectivity index (χ4v) is 4.19. The second kappa shape index (κ2) is 6.76. The molecule has 2 aromatic carbocycles. The first kappa shape index (κ1) is 17.1. The van der Waals surface area contributed by atoms with Crippen molar-refractivity contribution in [3.8, 4) is 5.75 Å². The van der Waals surface area contributed by atoms with Crippen molar-refractivity contribution in [1.29, 1.82) is 0 Å². The van der Waals surface area contributed by atoms with Gasteiger partial charge in [0.05, 0.1) is 18.7 Å². The maximum Gasteiger partial charge on any atom is 0.232 e. The zero-order chi connectivity index (χ0) is 18.3. The van der Waals surface area contributed by atoms with Crippen LogP contribution in [0.1, 0.15) is 12.0 Å². The summed E-state index contributed by atoms with van der Waals surface area (Å²) in [5, 5.41) is 0. The van der Waals surface area contributed by atoms with Crippen LogP contribution in [0.3, 0.4) is 0 Å². The lowest BCUT2D eigenvalue weighted by molar-refractivity contribution is -0.124. The maximum absolute atomic E-state index is 13.1. The molecule has 2 heterocycles. The van der Waals surface area contributed by atoms with Crippen LogP contribution >= 0.6 is 15.9 Å². The summed E-state index contributed by atoms with van der Waals surface area (Å²) in [6, 6.07) is 13.4. The van der Waals surface area contributed by atoms with E-state index in [2.05, 4.69) is 22.0 Å². The summed E-state index contributed by atoms with van der Waals surface area (Å²) < 4.78 is 6.38. The minimum absolute atomic E-state index is 0.0248. The number of hydrogen-bond acceptors (Lipinski definition) is 3. The van der Waals surface area contributed by atoms with Gasteiger partial charge in [-0.15, -0.1) is 0 Å². The van der Waals surface area contributed by atoms with Crippen LogP contribution in [-0.2, 0) is 16.0 Å². The Morgan fingerprint density at radius 3 is 2.81 bits per heavy atom. The highest BCUT2D eigenvalue weighted by atomic mass is 79.9. The van der Waals surface area contributed by atoms with Gasteiger partial charge in [-0.1, -0.05) is 28.1 Å². The highest BCUT2D eigenvalue weighted by Crippen LogP contribution is 2.36. The van der Waals surface area contributed by atoms with Crippen molar-refractivity contribution in [2.45, 2.75) is 12.8 Å². The molecule has 134 valence electrons. The zero-order valence-electron chi connectivity index (χ0n) is 14.4. The molecule has 0 N–H and O–H groups in total. The van der Waals surface area contributed by atoms with E-state index >= 15 is 0 Å². The van der Waals surface area contributed by atoms with Gasteiger partial charge in [0.1, 0.15) is 5.75 Å². The van der Waals surface area contributed by atoms with E-state index in [4.69, 9.17) is 4.74 Å². The molecular formula is C20H19BrN2O3. The number of hydrogen-bond donors (Lipinski definition) is 0. The number of benzene rings is 2. The second-order valence-electron chi connectivity index (χ2n) is 6.59. The molecule has 0 saturated carbocycles. The number of ether oxygens (including phenoxy) is 1. The molecule has 1 saturated heterocycles. The maximum atomic E-state index is 13.1. The lowest BCUT2D eigenvalue weighted by atomic mass is 10.1. The Bertz CT molecular complexity index is 883. The third kappa shape index (κ3) is 2.88. The molecule has 0 spiro atoms. The number of fused-ring (bicyclic) bond motifs is 1. The summed E-state index contributed by atoms with van der Waals surface area (Å²) in [6.07, 6.45) is 1.08. The van der Waals surface area contributed by atoms with E-state index in [1.165, 1.54) is 5.56 Å². The average Bonchev–Trinajstić information content (AvgIpc) is 3.24. The largest absolute Gasteiger partial charge is 0.495 e. The first-order chi connectivity index (χ1) is 12.6. The highest BCUT2D eigenvalue weighted by molar-refractivity contribution is 9.10. The number of para-hydroxylation sites is 2. The lowest BCUT2D eigenvalue weighted by Crippen LogP contribution is -2.36. The van der Waals surface area contributed by atoms with E-state index in [0.717, 1.165) is 22.3 Å². The zero-order valence-corrected chi connectivity index (χ0v) is 16.0. The van der Waals surface area contributed by atoms with Gasteiger partial charge in [0.2, 0.25) is 11.8 Å². The van der Waals surface area contributed by atoms with Gasteiger partial charge in [-0.3, -0.25) is 9.59 Å². The lowest BCUT2D eigenvalue weighted by Gasteiger charge is -2.22. The van der Waals surface area contributed by atoms with Gasteiger partial charge >= 0.3 is 0 Å². The van der Waals surface area contributed by atoms with Gasteiger partial charge < -0.3 is 14.5 Å². The minimum atomic E-state index is -0.331. The van der Waals surface area contributed by atoms with Crippen molar-refractivity contribution in [2.24, 2.45) is 5.92 Å². The molecule has 1 fully saturated rings. The molecule has 0 radical (unpaired) electrons. The van der Waals surface area contributed by atoms with Gasteiger partial charge in [-0.05, 0) is 42.3 Å². The summed E-state index contributed by atoms with van der Waals surface area (Å²) >= 11 is 3.48. The van der Waals surface area contributed by atoms with Crippen LogP contribution in [0.4, 0.5) is 11.4 Å². The monoisotopic (exact) mass is 414 g/mol. The van der Waals surface area contributed by atoms with Gasteiger partial charge in [0.25, 0.3) is 0 Å². The van der Waals surface area contributed by atoms with E-state index in [1.807, 2.05) is 41.3 Å². The smallest absolute Gasteiger partial charge is 0.232 e. The first-order valence-electron chi connectivity index (χ1n) is 8.61. The molecule has 0 aromatic heterocycles. The van der Waals surface area contributed by atoms with Crippen LogP contribution in [-0.4, -0.2) is 32.0 Å². The number of carbonyl (C=O) groups is 2. The van der Waals surface area contributed by atoms with Crippen molar-refractivity contribution >= 4 is 39.1 Å². The molecule has 0 unspecified atom stereocenters. The molecule has 2 aliphatic heterocycles. The third-order valence-corrected chi connectivity index (χ3v) is 5.55. The fourth-order valence-electron chi connectivity index (χ4n) is 3.78. The van der Waals surface area contributed by atoms with Gasteiger partial charge in [0.15, 0.2) is 0 Å². The predicted octanol–water partition coefficient (Wildman–Crippen LogP) is 3.40. The molecule has 1 atom stereocenters. The van der Waals surface area contributed by atoms with Crippen molar-refractivity contribution < 1.29 is 14.3 Å². The normalized spacial score (nSPS) is 19.0. The van der Waals surface area contributed by atoms with Crippen molar-refractivity contribution in [2.75, 3.05) is 30.0 Å². The van der Waals surface area contributed by atoms with Crippen LogP contribution < -0.4 is 14.5 Å². The van der Waals surface area contributed by atoms with Crippen molar-refractivity contribution in [1.82, 2.24) is 0 Å². The van der Waals surface area contributed by atoms with Crippen molar-refractivity contribution in [3.05, 3.63) is 52.5 Å². The number of rotatable bonds is 3. The highest BCUT2D eigenvalue weighted by Gasteiger charge is 2.39. The molecule has 2 aliphatic rings. The summed E-state index contributed by atoms with van der Waals surface area (Å²) in [5.41, 5.74) is 2.85. The molecule has 26 heavy (non-hydrogen) atoms. The Hall–Kier alpha value is -2.34. The summed E-state index contributed by atoms with van der Waals surface area (Å²) in [7, 11) is 1.58. The Labute approximate surface area is 160 Å². The quantitative estimate of drug-likeness (QED) is 0.772. The predicted molar refractivity (Wildman–Crippen MR) is 104 cm³/mol. The SMILES string of the molecule is COc1ccccc1N1C[C@H](C(=O)N2CCc3cc(Br)ccc32)CC1=O. The van der Waals surface area contributed by atoms with E-state index < -0.39 is 0 Å². The summed E-state index contributed by atoms with van der Waals surface area (Å²) in [4.78, 5) is 29.1. The van der Waals surface area contributed by atoms with Gasteiger partial charge in [0, 0.05) is 29.7 Å². The molecular weight excluding hydrogens is 396 g/mol. The molecule has 2 aromatic rings. The minimum Gasteiger partial charge on any atom is -0.495 e. The Morgan fingerprint density at radius 2 is 2.00 bits per heavy atom. The van der Waals surface area contributed by atoms with Crippen molar-refractivity contribution in [3.63, 3.8) is 0 Å². The second-order valence-corrected chi connectivity index (χ2v) is 7.51. The number of anilines is 2. The standard InChI is InChI=1S/C20H19BrN2O3/c1-26-18-5-3-2-4-17(18)23-12-14(11-19(23)24)20(25)22-9-8-13-10-15(21)6-7-16(13)22/h2-7,10,14H,8-9,11-12H2,1H3/t14-/m1/s1. The van der Waals surface area contributed by atoms with Crippen LogP contribution in [0.25, 0.3) is 0 Å². The number of nitrogens with zero attached hydrogens (tertiary/aromatic N) is 2. The molecule has 0 bridgehead atoms. The Balaban J connectivity index is 1.56. The Morgan fingerprint density at radius 1 is 1.19 bits per heavy atom. The van der Waals surface area contributed by atoms with E-state index in [0.29, 0.717) is 18.8 Å². The summed E-state index contributed by atoms with van der Waals surface area (Å²) in [5.74, 6) is 0.298. The van der Waals surface area contributed by atoms with Gasteiger partial charge in [-0.25, -0.2) is 0 Å². The third-order valence-electron chi connectivity index (χ3n) is 5.05. The molecule has 0 aliphatic carbocycles.